The van der Waals surface area contributed by atoms with Crippen LogP contribution in [0.3, 0.4) is 0 Å². The first kappa shape index (κ1) is 11.9. The molecule has 1 heterocycles. The highest BCUT2D eigenvalue weighted by molar-refractivity contribution is 5.24. The number of hydrogen-bond acceptors (Lipinski definition) is 3. The Morgan fingerprint density at radius 2 is 2.00 bits per heavy atom. The van der Waals surface area contributed by atoms with Crippen molar-refractivity contribution >= 4 is 0 Å². The van der Waals surface area contributed by atoms with Crippen LogP contribution in [0.25, 0.3) is 0 Å². The Morgan fingerprint density at radius 3 is 2.59 bits per heavy atom. The zero-order valence-corrected chi connectivity index (χ0v) is 9.89. The van der Waals surface area contributed by atoms with E-state index in [0.717, 1.165) is 11.1 Å². The van der Waals surface area contributed by atoms with E-state index in [2.05, 4.69) is 5.32 Å². The van der Waals surface area contributed by atoms with Gasteiger partial charge in [-0.05, 0) is 18.6 Å². The highest BCUT2D eigenvalue weighted by atomic mass is 16.3. The molecule has 3 nitrogen and oxygen atoms in total. The van der Waals surface area contributed by atoms with Gasteiger partial charge in [0.1, 0.15) is 0 Å². The van der Waals surface area contributed by atoms with Crippen LogP contribution in [0.2, 0.25) is 0 Å². The molecule has 2 N–H and O–H groups in total. The number of benzene rings is 1. The van der Waals surface area contributed by atoms with Crippen LogP contribution in [0, 0.1) is 0 Å². The van der Waals surface area contributed by atoms with Crippen molar-refractivity contribution in [1.29, 1.82) is 0 Å². The summed E-state index contributed by atoms with van der Waals surface area (Å²) < 4.78 is 5.02. The summed E-state index contributed by atoms with van der Waals surface area (Å²) in [6, 6.07) is 11.9. The van der Waals surface area contributed by atoms with Crippen molar-refractivity contribution in [2.24, 2.45) is 0 Å². The number of furan rings is 1. The van der Waals surface area contributed by atoms with E-state index in [0.29, 0.717) is 6.54 Å². The van der Waals surface area contributed by atoms with Gasteiger partial charge in [-0.3, -0.25) is 0 Å². The van der Waals surface area contributed by atoms with Gasteiger partial charge in [0.15, 0.2) is 0 Å². The lowest BCUT2D eigenvalue weighted by Crippen LogP contribution is -2.42. The van der Waals surface area contributed by atoms with Crippen LogP contribution in [-0.2, 0) is 12.1 Å². The average molecular weight is 231 g/mol. The highest BCUT2D eigenvalue weighted by Crippen LogP contribution is 2.20. The molecular formula is C14H17NO2. The standard InChI is InChI=1S/C14H17NO2/c1-14(11-16,13-5-3-2-4-6-13)15-9-12-7-8-17-10-12/h2-8,10,15-16H,9,11H2,1H3. The maximum atomic E-state index is 9.58. The van der Waals surface area contributed by atoms with Gasteiger partial charge in [-0.2, -0.15) is 0 Å². The Labute approximate surface area is 101 Å². The van der Waals surface area contributed by atoms with Crippen LogP contribution in [-0.4, -0.2) is 11.7 Å². The maximum absolute atomic E-state index is 9.58. The predicted octanol–water partition coefficient (Wildman–Crippen LogP) is 2.28. The first-order chi connectivity index (χ1) is 8.24. The van der Waals surface area contributed by atoms with Gasteiger partial charge in [0, 0.05) is 12.1 Å². The molecule has 1 aromatic carbocycles. The van der Waals surface area contributed by atoms with Crippen molar-refractivity contribution in [3.05, 3.63) is 60.1 Å². The number of nitrogens with one attached hydrogen (secondary N) is 1. The molecule has 2 aromatic rings. The second-order valence-corrected chi connectivity index (χ2v) is 4.34. The topological polar surface area (TPSA) is 45.4 Å². The normalized spacial score (nSPS) is 14.5. The minimum Gasteiger partial charge on any atom is -0.472 e. The van der Waals surface area contributed by atoms with Crippen molar-refractivity contribution < 1.29 is 9.52 Å². The molecule has 0 radical (unpaired) electrons. The van der Waals surface area contributed by atoms with E-state index >= 15 is 0 Å². The van der Waals surface area contributed by atoms with E-state index in [9.17, 15) is 5.11 Å². The lowest BCUT2D eigenvalue weighted by molar-refractivity contribution is 0.173. The van der Waals surface area contributed by atoms with Crippen LogP contribution >= 0.6 is 0 Å². The molecule has 0 fully saturated rings. The Kier molecular flexibility index (Phi) is 3.61. The SMILES string of the molecule is CC(CO)(NCc1ccoc1)c1ccccc1. The largest absolute Gasteiger partial charge is 0.472 e. The van der Waals surface area contributed by atoms with Crippen molar-refractivity contribution in [3.8, 4) is 0 Å². The lowest BCUT2D eigenvalue weighted by atomic mass is 9.93. The van der Waals surface area contributed by atoms with Gasteiger partial charge in [0.25, 0.3) is 0 Å². The molecule has 1 atom stereocenters. The molecule has 0 aliphatic carbocycles. The third kappa shape index (κ3) is 2.75. The van der Waals surface area contributed by atoms with Gasteiger partial charge in [-0.25, -0.2) is 0 Å². The van der Waals surface area contributed by atoms with Gasteiger partial charge in [-0.15, -0.1) is 0 Å². The van der Waals surface area contributed by atoms with E-state index in [1.165, 1.54) is 0 Å². The molecule has 1 unspecified atom stereocenters. The van der Waals surface area contributed by atoms with Crippen molar-refractivity contribution in [2.45, 2.75) is 19.0 Å². The van der Waals surface area contributed by atoms with E-state index in [1.807, 2.05) is 43.3 Å². The third-order valence-electron chi connectivity index (χ3n) is 2.99. The molecule has 3 heteroatoms. The summed E-state index contributed by atoms with van der Waals surface area (Å²) in [7, 11) is 0. The summed E-state index contributed by atoms with van der Waals surface area (Å²) in [6.07, 6.45) is 3.35. The smallest absolute Gasteiger partial charge is 0.0947 e. The van der Waals surface area contributed by atoms with Gasteiger partial charge >= 0.3 is 0 Å². The molecule has 0 spiro atoms. The molecule has 0 aliphatic rings. The van der Waals surface area contributed by atoms with E-state index in [4.69, 9.17) is 4.42 Å². The fourth-order valence-corrected chi connectivity index (χ4v) is 1.75. The average Bonchev–Trinajstić information content (AvgIpc) is 2.90. The van der Waals surface area contributed by atoms with Crippen LogP contribution in [0.4, 0.5) is 0 Å². The first-order valence-electron chi connectivity index (χ1n) is 5.67. The zero-order chi connectivity index (χ0) is 12.1. The molecule has 0 saturated heterocycles. The number of aliphatic hydroxyl groups excluding tert-OH is 1. The second-order valence-electron chi connectivity index (χ2n) is 4.34. The summed E-state index contributed by atoms with van der Waals surface area (Å²) in [5, 5.41) is 12.9. The summed E-state index contributed by atoms with van der Waals surface area (Å²) in [6.45, 7) is 2.71. The Hall–Kier alpha value is -1.58. The molecule has 17 heavy (non-hydrogen) atoms. The monoisotopic (exact) mass is 231 g/mol. The Morgan fingerprint density at radius 1 is 1.24 bits per heavy atom. The second kappa shape index (κ2) is 5.17. The number of aliphatic hydroxyl groups is 1. The number of rotatable bonds is 5. The van der Waals surface area contributed by atoms with Gasteiger partial charge in [0.05, 0.1) is 24.7 Å². The molecule has 2 rings (SSSR count). The molecule has 0 saturated carbocycles. The fraction of sp³-hybridized carbons (Fsp3) is 0.286. The van der Waals surface area contributed by atoms with Crippen molar-refractivity contribution in [2.75, 3.05) is 6.61 Å². The predicted molar refractivity (Wildman–Crippen MR) is 66.4 cm³/mol. The third-order valence-corrected chi connectivity index (χ3v) is 2.99. The van der Waals surface area contributed by atoms with Crippen LogP contribution < -0.4 is 5.32 Å². The highest BCUT2D eigenvalue weighted by Gasteiger charge is 2.24. The van der Waals surface area contributed by atoms with Crippen LogP contribution in [0.1, 0.15) is 18.1 Å². The Bertz CT molecular complexity index is 439. The Balaban J connectivity index is 2.09. The molecular weight excluding hydrogens is 214 g/mol. The summed E-state index contributed by atoms with van der Waals surface area (Å²) in [4.78, 5) is 0. The van der Waals surface area contributed by atoms with Crippen molar-refractivity contribution in [3.63, 3.8) is 0 Å². The number of hydrogen-bond donors (Lipinski definition) is 2. The molecule has 1 aromatic heterocycles. The first-order valence-corrected chi connectivity index (χ1v) is 5.67. The summed E-state index contributed by atoms with van der Waals surface area (Å²) in [5.74, 6) is 0. The van der Waals surface area contributed by atoms with E-state index in [-0.39, 0.29) is 6.61 Å². The minimum atomic E-state index is -0.432. The molecule has 0 bridgehead atoms. The summed E-state index contributed by atoms with van der Waals surface area (Å²) in [5.41, 5.74) is 1.71. The van der Waals surface area contributed by atoms with Crippen molar-refractivity contribution in [1.82, 2.24) is 5.32 Å². The van der Waals surface area contributed by atoms with Gasteiger partial charge < -0.3 is 14.8 Å². The van der Waals surface area contributed by atoms with Crippen LogP contribution in [0.5, 0.6) is 0 Å². The van der Waals surface area contributed by atoms with Gasteiger partial charge in [0.2, 0.25) is 0 Å². The summed E-state index contributed by atoms with van der Waals surface area (Å²) >= 11 is 0. The minimum absolute atomic E-state index is 0.0505. The molecule has 0 aliphatic heterocycles. The van der Waals surface area contributed by atoms with Gasteiger partial charge in [-0.1, -0.05) is 30.3 Å². The van der Waals surface area contributed by atoms with Crippen LogP contribution in [0.15, 0.2) is 53.3 Å². The molecule has 0 amide bonds. The van der Waals surface area contributed by atoms with E-state index in [1.54, 1.807) is 12.5 Å². The zero-order valence-electron chi connectivity index (χ0n) is 9.89. The maximum Gasteiger partial charge on any atom is 0.0947 e. The fourth-order valence-electron chi connectivity index (χ4n) is 1.75. The van der Waals surface area contributed by atoms with E-state index < -0.39 is 5.54 Å². The lowest BCUT2D eigenvalue weighted by Gasteiger charge is -2.29. The molecule has 90 valence electrons. The quantitative estimate of drug-likeness (QED) is 0.829.